The Bertz CT molecular complexity index is 569. The number of hydrogen-bond donors (Lipinski definition) is 1. The largest absolute Gasteiger partial charge is 0.418 e. The lowest BCUT2D eigenvalue weighted by Gasteiger charge is -2.33. The molecule has 2 atom stereocenters. The van der Waals surface area contributed by atoms with E-state index in [9.17, 15) is 13.2 Å². The van der Waals surface area contributed by atoms with Gasteiger partial charge in [0.2, 0.25) is 0 Å². The molecule has 0 saturated carbocycles. The van der Waals surface area contributed by atoms with Crippen LogP contribution in [0.1, 0.15) is 44.9 Å². The summed E-state index contributed by atoms with van der Waals surface area (Å²) in [5.41, 5.74) is 4.35. The zero-order chi connectivity index (χ0) is 16.9. The summed E-state index contributed by atoms with van der Waals surface area (Å²) >= 11 is 5.87. The van der Waals surface area contributed by atoms with E-state index < -0.39 is 23.5 Å². The molecule has 0 amide bonds. The van der Waals surface area contributed by atoms with Crippen LogP contribution in [0.3, 0.4) is 0 Å². The van der Waals surface area contributed by atoms with Crippen molar-refractivity contribution < 1.29 is 17.9 Å². The first-order valence-corrected chi connectivity index (χ1v) is 7.37. The molecule has 1 fully saturated rings. The fourth-order valence-electron chi connectivity index (χ4n) is 2.74. The molecule has 124 valence electrons. The van der Waals surface area contributed by atoms with Crippen LogP contribution in [0, 0.1) is 0 Å². The molecule has 1 aromatic rings. The normalized spacial score (nSPS) is 24.0. The summed E-state index contributed by atoms with van der Waals surface area (Å²) in [6, 6.07) is 2.49. The minimum atomic E-state index is -4.54. The van der Waals surface area contributed by atoms with Gasteiger partial charge in [-0.1, -0.05) is 11.6 Å². The van der Waals surface area contributed by atoms with Crippen LogP contribution in [0.25, 0.3) is 0 Å². The third-order valence-electron chi connectivity index (χ3n) is 3.85. The first kappa shape index (κ1) is 17.4. The van der Waals surface area contributed by atoms with Crippen LogP contribution in [0.4, 0.5) is 18.9 Å². The number of anilines is 1. The Kier molecular flexibility index (Phi) is 4.41. The highest BCUT2D eigenvalue weighted by molar-refractivity contribution is 6.33. The number of halogens is 4. The third-order valence-corrected chi connectivity index (χ3v) is 4.17. The fraction of sp³-hybridized carbons (Fsp3) is 0.600. The quantitative estimate of drug-likeness (QED) is 0.769. The lowest BCUT2D eigenvalue weighted by Crippen LogP contribution is -2.43. The molecule has 0 bridgehead atoms. The van der Waals surface area contributed by atoms with Gasteiger partial charge in [0.1, 0.15) is 6.23 Å². The van der Waals surface area contributed by atoms with Crippen LogP contribution in [-0.2, 0) is 10.9 Å². The average Bonchev–Trinajstić information content (AvgIpc) is 2.73. The summed E-state index contributed by atoms with van der Waals surface area (Å²) in [5.74, 6) is 0. The van der Waals surface area contributed by atoms with Gasteiger partial charge in [-0.2, -0.15) is 13.2 Å². The number of benzene rings is 1. The molecule has 2 rings (SSSR count). The second-order valence-corrected chi connectivity index (χ2v) is 6.92. The average molecular weight is 337 g/mol. The molecular formula is C15H20ClF3N2O. The Morgan fingerprint density at radius 1 is 1.27 bits per heavy atom. The number of nitrogens with zero attached hydrogens (tertiary/aromatic N) is 1. The van der Waals surface area contributed by atoms with Crippen LogP contribution in [0.2, 0.25) is 5.02 Å². The van der Waals surface area contributed by atoms with Crippen molar-refractivity contribution in [3.05, 3.63) is 28.3 Å². The SMILES string of the molecule is CC1OC(c2cc(Cl)c(N)c(C(F)(F)F)c2)CN1C(C)(C)C. The first-order chi connectivity index (χ1) is 9.91. The first-order valence-electron chi connectivity index (χ1n) is 6.99. The number of nitrogen functional groups attached to an aromatic ring is 1. The summed E-state index contributed by atoms with van der Waals surface area (Å²) in [6.07, 6.45) is -5.19. The van der Waals surface area contributed by atoms with Gasteiger partial charge in [-0.25, -0.2) is 0 Å². The topological polar surface area (TPSA) is 38.5 Å². The van der Waals surface area contributed by atoms with Crippen LogP contribution < -0.4 is 5.73 Å². The van der Waals surface area contributed by atoms with Gasteiger partial charge in [-0.05, 0) is 45.4 Å². The van der Waals surface area contributed by atoms with E-state index in [0.717, 1.165) is 6.07 Å². The second-order valence-electron chi connectivity index (χ2n) is 6.51. The number of alkyl halides is 3. The van der Waals surface area contributed by atoms with Gasteiger partial charge < -0.3 is 10.5 Å². The van der Waals surface area contributed by atoms with E-state index >= 15 is 0 Å². The van der Waals surface area contributed by atoms with Crippen molar-refractivity contribution in [3.63, 3.8) is 0 Å². The molecule has 1 saturated heterocycles. The molecule has 22 heavy (non-hydrogen) atoms. The van der Waals surface area contributed by atoms with Gasteiger partial charge in [0.05, 0.1) is 22.4 Å². The summed E-state index contributed by atoms with van der Waals surface area (Å²) in [4.78, 5) is 2.09. The second kappa shape index (κ2) is 5.58. The predicted molar refractivity (Wildman–Crippen MR) is 80.6 cm³/mol. The molecule has 2 N–H and O–H groups in total. The molecule has 1 aromatic carbocycles. The van der Waals surface area contributed by atoms with E-state index in [-0.39, 0.29) is 16.8 Å². The van der Waals surface area contributed by atoms with Gasteiger partial charge in [0, 0.05) is 12.1 Å². The predicted octanol–water partition coefficient (Wildman–Crippen LogP) is 4.46. The standard InChI is InChI=1S/C15H20ClF3N2O/c1-8-21(14(2,3)4)7-12(22-8)9-5-10(15(17,18)19)13(20)11(16)6-9/h5-6,8,12H,7,20H2,1-4H3. The number of rotatable bonds is 1. The van der Waals surface area contributed by atoms with Gasteiger partial charge in [0.25, 0.3) is 0 Å². The van der Waals surface area contributed by atoms with Gasteiger partial charge in [-0.3, -0.25) is 4.90 Å². The van der Waals surface area contributed by atoms with Gasteiger partial charge >= 0.3 is 6.18 Å². The summed E-state index contributed by atoms with van der Waals surface area (Å²) < 4.78 is 45.0. The Morgan fingerprint density at radius 2 is 1.86 bits per heavy atom. The van der Waals surface area contributed by atoms with Crippen LogP contribution in [0.15, 0.2) is 12.1 Å². The molecule has 0 aliphatic carbocycles. The highest BCUT2D eigenvalue weighted by Gasteiger charge is 2.39. The molecule has 0 spiro atoms. The summed E-state index contributed by atoms with van der Waals surface area (Å²) in [6.45, 7) is 8.49. The van der Waals surface area contributed by atoms with E-state index in [1.807, 2.05) is 27.7 Å². The number of nitrogens with two attached hydrogens (primary N) is 1. The van der Waals surface area contributed by atoms with Gasteiger partial charge in [0.15, 0.2) is 0 Å². The Balaban J connectivity index is 2.37. The van der Waals surface area contributed by atoms with E-state index in [0.29, 0.717) is 12.1 Å². The monoisotopic (exact) mass is 336 g/mol. The summed E-state index contributed by atoms with van der Waals surface area (Å²) in [5, 5.41) is -0.102. The van der Waals surface area contributed by atoms with Crippen molar-refractivity contribution in [2.45, 2.75) is 51.7 Å². The lowest BCUT2D eigenvalue weighted by atomic mass is 10.0. The fourth-order valence-corrected chi connectivity index (χ4v) is 2.97. The van der Waals surface area contributed by atoms with Crippen molar-refractivity contribution in [2.24, 2.45) is 0 Å². The van der Waals surface area contributed by atoms with Crippen molar-refractivity contribution in [1.82, 2.24) is 4.90 Å². The lowest BCUT2D eigenvalue weighted by molar-refractivity contribution is -0.137. The Labute approximate surface area is 133 Å². The van der Waals surface area contributed by atoms with Gasteiger partial charge in [-0.15, -0.1) is 0 Å². The molecule has 2 unspecified atom stereocenters. The molecule has 1 aliphatic heterocycles. The maximum Gasteiger partial charge on any atom is 0.418 e. The highest BCUT2D eigenvalue weighted by Crippen LogP contribution is 2.41. The van der Waals surface area contributed by atoms with E-state index in [4.69, 9.17) is 22.1 Å². The maximum absolute atomic E-state index is 13.0. The van der Waals surface area contributed by atoms with E-state index in [1.165, 1.54) is 6.07 Å². The number of ether oxygens (including phenoxy) is 1. The molecule has 3 nitrogen and oxygen atoms in total. The Morgan fingerprint density at radius 3 is 2.32 bits per heavy atom. The van der Waals surface area contributed by atoms with Crippen molar-refractivity contribution in [1.29, 1.82) is 0 Å². The van der Waals surface area contributed by atoms with Crippen LogP contribution in [0.5, 0.6) is 0 Å². The Hall–Kier alpha value is -0.980. The molecule has 1 aliphatic rings. The minimum Gasteiger partial charge on any atom is -0.397 e. The number of hydrogen-bond acceptors (Lipinski definition) is 3. The van der Waals surface area contributed by atoms with Crippen molar-refractivity contribution >= 4 is 17.3 Å². The molecule has 0 radical (unpaired) electrons. The van der Waals surface area contributed by atoms with Crippen LogP contribution in [-0.4, -0.2) is 23.2 Å². The smallest absolute Gasteiger partial charge is 0.397 e. The van der Waals surface area contributed by atoms with Crippen molar-refractivity contribution in [3.8, 4) is 0 Å². The molecule has 0 aromatic heterocycles. The summed E-state index contributed by atoms with van der Waals surface area (Å²) in [7, 11) is 0. The minimum absolute atomic E-state index is 0.102. The zero-order valence-electron chi connectivity index (χ0n) is 13.0. The maximum atomic E-state index is 13.0. The molecular weight excluding hydrogens is 317 g/mol. The molecule has 7 heteroatoms. The van der Waals surface area contributed by atoms with Crippen molar-refractivity contribution in [2.75, 3.05) is 12.3 Å². The third kappa shape index (κ3) is 3.34. The highest BCUT2D eigenvalue weighted by atomic mass is 35.5. The van der Waals surface area contributed by atoms with E-state index in [1.54, 1.807) is 0 Å². The van der Waals surface area contributed by atoms with Crippen LogP contribution >= 0.6 is 11.6 Å². The zero-order valence-corrected chi connectivity index (χ0v) is 13.7. The molecule has 1 heterocycles. The van der Waals surface area contributed by atoms with E-state index in [2.05, 4.69) is 4.90 Å².